The molecule has 4 nitrogen and oxygen atoms in total. The molecular formula is C15H16N2O2. The molecule has 0 saturated carbocycles. The summed E-state index contributed by atoms with van der Waals surface area (Å²) in [6, 6.07) is 8.15. The van der Waals surface area contributed by atoms with Crippen LogP contribution in [0.1, 0.15) is 34.6 Å². The number of hydrogen-bond donors (Lipinski definition) is 0. The van der Waals surface area contributed by atoms with E-state index in [-0.39, 0.29) is 11.9 Å². The van der Waals surface area contributed by atoms with E-state index in [1.165, 1.54) is 5.56 Å². The SMILES string of the molecule is Cc1nc(C)c(C(=O)N2c3ccccc3CC2C)o1. The molecule has 4 heteroatoms. The highest BCUT2D eigenvalue weighted by Gasteiger charge is 2.33. The van der Waals surface area contributed by atoms with E-state index < -0.39 is 0 Å². The number of rotatable bonds is 1. The average Bonchev–Trinajstić information content (AvgIpc) is 2.87. The van der Waals surface area contributed by atoms with Gasteiger partial charge in [0.05, 0.1) is 5.69 Å². The van der Waals surface area contributed by atoms with Gasteiger partial charge in [-0.1, -0.05) is 18.2 Å². The van der Waals surface area contributed by atoms with Crippen LogP contribution in [0.4, 0.5) is 5.69 Å². The molecule has 2 heterocycles. The highest BCUT2D eigenvalue weighted by atomic mass is 16.4. The predicted octanol–water partition coefficient (Wildman–Crippen LogP) is 2.88. The topological polar surface area (TPSA) is 46.3 Å². The van der Waals surface area contributed by atoms with Crippen molar-refractivity contribution < 1.29 is 9.21 Å². The molecule has 0 saturated heterocycles. The van der Waals surface area contributed by atoms with Crippen LogP contribution in [0.25, 0.3) is 0 Å². The van der Waals surface area contributed by atoms with Crippen molar-refractivity contribution in [1.29, 1.82) is 0 Å². The zero-order valence-electron chi connectivity index (χ0n) is 11.3. The molecule has 0 N–H and O–H groups in total. The summed E-state index contributed by atoms with van der Waals surface area (Å²) in [6.45, 7) is 5.61. The van der Waals surface area contributed by atoms with E-state index in [1.54, 1.807) is 13.8 Å². The third-order valence-corrected chi connectivity index (χ3v) is 3.52. The molecule has 1 aliphatic heterocycles. The zero-order valence-corrected chi connectivity index (χ0v) is 11.3. The molecule has 1 unspecified atom stereocenters. The van der Waals surface area contributed by atoms with Crippen molar-refractivity contribution in [3.63, 3.8) is 0 Å². The van der Waals surface area contributed by atoms with Crippen LogP contribution in [0.5, 0.6) is 0 Å². The van der Waals surface area contributed by atoms with Crippen molar-refractivity contribution in [2.45, 2.75) is 33.2 Å². The average molecular weight is 256 g/mol. The van der Waals surface area contributed by atoms with E-state index in [4.69, 9.17) is 4.42 Å². The van der Waals surface area contributed by atoms with Crippen LogP contribution in [0.3, 0.4) is 0 Å². The number of para-hydroxylation sites is 1. The van der Waals surface area contributed by atoms with Crippen molar-refractivity contribution in [2.75, 3.05) is 4.90 Å². The first-order valence-electron chi connectivity index (χ1n) is 6.43. The van der Waals surface area contributed by atoms with Gasteiger partial charge in [0.1, 0.15) is 0 Å². The van der Waals surface area contributed by atoms with Gasteiger partial charge in [0.25, 0.3) is 5.91 Å². The number of amides is 1. The Morgan fingerprint density at radius 3 is 2.79 bits per heavy atom. The van der Waals surface area contributed by atoms with E-state index in [0.717, 1.165) is 12.1 Å². The summed E-state index contributed by atoms with van der Waals surface area (Å²) in [5.41, 5.74) is 2.84. The maximum absolute atomic E-state index is 12.6. The lowest BCUT2D eigenvalue weighted by Crippen LogP contribution is -2.35. The van der Waals surface area contributed by atoms with E-state index >= 15 is 0 Å². The van der Waals surface area contributed by atoms with Gasteiger partial charge >= 0.3 is 0 Å². The van der Waals surface area contributed by atoms with Gasteiger partial charge in [-0.15, -0.1) is 0 Å². The molecule has 1 amide bonds. The predicted molar refractivity (Wildman–Crippen MR) is 72.4 cm³/mol. The maximum atomic E-state index is 12.6. The quantitative estimate of drug-likeness (QED) is 0.788. The Bertz CT molecular complexity index is 645. The van der Waals surface area contributed by atoms with Crippen molar-refractivity contribution in [3.8, 4) is 0 Å². The number of nitrogens with zero attached hydrogens (tertiary/aromatic N) is 2. The number of hydrogen-bond acceptors (Lipinski definition) is 3. The summed E-state index contributed by atoms with van der Waals surface area (Å²) in [5, 5.41) is 0. The molecule has 1 aromatic carbocycles. The van der Waals surface area contributed by atoms with Crippen LogP contribution in [0, 0.1) is 13.8 Å². The standard InChI is InChI=1S/C15H16N2O2/c1-9-8-12-6-4-5-7-13(12)17(9)15(18)14-10(2)16-11(3)19-14/h4-7,9H,8H2,1-3H3. The van der Waals surface area contributed by atoms with Crippen LogP contribution < -0.4 is 4.90 Å². The lowest BCUT2D eigenvalue weighted by molar-refractivity contribution is 0.0952. The molecule has 0 bridgehead atoms. The van der Waals surface area contributed by atoms with Crippen LogP contribution in [-0.4, -0.2) is 16.9 Å². The Morgan fingerprint density at radius 2 is 2.11 bits per heavy atom. The molecule has 1 atom stereocenters. The Morgan fingerprint density at radius 1 is 1.37 bits per heavy atom. The maximum Gasteiger partial charge on any atom is 0.296 e. The van der Waals surface area contributed by atoms with E-state index in [2.05, 4.69) is 18.0 Å². The highest BCUT2D eigenvalue weighted by molar-refractivity contribution is 6.06. The van der Waals surface area contributed by atoms with Crippen molar-refractivity contribution >= 4 is 11.6 Å². The van der Waals surface area contributed by atoms with E-state index in [1.807, 2.05) is 23.1 Å². The summed E-state index contributed by atoms with van der Waals surface area (Å²) < 4.78 is 5.45. The number of carbonyl (C=O) groups is 1. The first-order valence-corrected chi connectivity index (χ1v) is 6.43. The molecular weight excluding hydrogens is 240 g/mol. The molecule has 1 aliphatic rings. The molecule has 0 radical (unpaired) electrons. The van der Waals surface area contributed by atoms with Crippen LogP contribution in [0.15, 0.2) is 28.7 Å². The second-order valence-corrected chi connectivity index (χ2v) is 5.00. The fraction of sp³-hybridized carbons (Fsp3) is 0.333. The summed E-state index contributed by atoms with van der Waals surface area (Å²) in [5.74, 6) is 0.776. The third-order valence-electron chi connectivity index (χ3n) is 3.52. The molecule has 19 heavy (non-hydrogen) atoms. The van der Waals surface area contributed by atoms with Gasteiger partial charge in [0.15, 0.2) is 5.89 Å². The zero-order chi connectivity index (χ0) is 13.6. The number of carbonyl (C=O) groups excluding carboxylic acids is 1. The lowest BCUT2D eigenvalue weighted by atomic mass is 10.1. The summed E-state index contributed by atoms with van der Waals surface area (Å²) in [6.07, 6.45) is 0.883. The van der Waals surface area contributed by atoms with Crippen molar-refractivity contribution in [3.05, 3.63) is 47.2 Å². The van der Waals surface area contributed by atoms with Gasteiger partial charge in [-0.05, 0) is 31.9 Å². The Balaban J connectivity index is 2.03. The normalized spacial score (nSPS) is 17.6. The largest absolute Gasteiger partial charge is 0.436 e. The van der Waals surface area contributed by atoms with E-state index in [0.29, 0.717) is 17.3 Å². The van der Waals surface area contributed by atoms with Gasteiger partial charge in [-0.25, -0.2) is 4.98 Å². The van der Waals surface area contributed by atoms with Crippen LogP contribution >= 0.6 is 0 Å². The Labute approximate surface area is 112 Å². The second kappa shape index (κ2) is 4.23. The van der Waals surface area contributed by atoms with Crippen molar-refractivity contribution in [2.24, 2.45) is 0 Å². The highest BCUT2D eigenvalue weighted by Crippen LogP contribution is 2.33. The monoisotopic (exact) mass is 256 g/mol. The third kappa shape index (κ3) is 1.84. The molecule has 0 fully saturated rings. The number of anilines is 1. The Hall–Kier alpha value is -2.10. The number of aryl methyl sites for hydroxylation is 2. The molecule has 3 rings (SSSR count). The van der Waals surface area contributed by atoms with Crippen LogP contribution in [-0.2, 0) is 6.42 Å². The lowest BCUT2D eigenvalue weighted by Gasteiger charge is -2.21. The summed E-state index contributed by atoms with van der Waals surface area (Å²) >= 11 is 0. The number of benzene rings is 1. The first kappa shape index (κ1) is 12.0. The summed E-state index contributed by atoms with van der Waals surface area (Å²) in [4.78, 5) is 18.6. The Kier molecular flexibility index (Phi) is 2.66. The second-order valence-electron chi connectivity index (χ2n) is 5.00. The minimum Gasteiger partial charge on any atom is -0.436 e. The van der Waals surface area contributed by atoms with Gasteiger partial charge in [-0.3, -0.25) is 4.79 Å². The molecule has 0 aliphatic carbocycles. The fourth-order valence-electron chi connectivity index (χ4n) is 2.71. The van der Waals surface area contributed by atoms with Crippen LogP contribution in [0.2, 0.25) is 0 Å². The van der Waals surface area contributed by atoms with Gasteiger partial charge in [0, 0.05) is 18.7 Å². The summed E-state index contributed by atoms with van der Waals surface area (Å²) in [7, 11) is 0. The van der Waals surface area contributed by atoms with Gasteiger partial charge < -0.3 is 9.32 Å². The fourth-order valence-corrected chi connectivity index (χ4v) is 2.71. The first-order chi connectivity index (χ1) is 9.08. The minimum absolute atomic E-state index is 0.101. The molecule has 98 valence electrons. The number of fused-ring (bicyclic) bond motifs is 1. The molecule has 0 spiro atoms. The van der Waals surface area contributed by atoms with Gasteiger partial charge in [0.2, 0.25) is 5.76 Å². The van der Waals surface area contributed by atoms with Gasteiger partial charge in [-0.2, -0.15) is 0 Å². The number of oxazole rings is 1. The molecule has 1 aromatic heterocycles. The van der Waals surface area contributed by atoms with Crippen molar-refractivity contribution in [1.82, 2.24) is 4.98 Å². The smallest absolute Gasteiger partial charge is 0.296 e. The minimum atomic E-state index is -0.101. The molecule has 2 aromatic rings. The number of aromatic nitrogens is 1. The van der Waals surface area contributed by atoms with E-state index in [9.17, 15) is 4.79 Å².